The number of aliphatic hydroxyl groups excluding tert-OH is 3. The van der Waals surface area contributed by atoms with Gasteiger partial charge in [0.25, 0.3) is 0 Å². The summed E-state index contributed by atoms with van der Waals surface area (Å²) in [5, 5.41) is 29.3. The zero-order valence-corrected chi connectivity index (χ0v) is 17.1. The molecule has 0 radical (unpaired) electrons. The zero-order chi connectivity index (χ0) is 19.8. The summed E-state index contributed by atoms with van der Waals surface area (Å²) in [5.74, 6) is 0.359. The van der Waals surface area contributed by atoms with E-state index in [0.717, 1.165) is 24.2 Å². The molecule has 2 fully saturated rings. The number of hydrogen-bond donors (Lipinski definition) is 3. The highest BCUT2D eigenvalue weighted by Crippen LogP contribution is 2.31. The highest BCUT2D eigenvalue weighted by molar-refractivity contribution is 7.85. The molecular formula is C19H35NO6S. The quantitative estimate of drug-likeness (QED) is 0.428. The summed E-state index contributed by atoms with van der Waals surface area (Å²) < 4.78 is 17.6. The Morgan fingerprint density at radius 3 is 2.07 bits per heavy atom. The van der Waals surface area contributed by atoms with Gasteiger partial charge in [-0.2, -0.15) is 0 Å². The first-order chi connectivity index (χ1) is 13.0. The van der Waals surface area contributed by atoms with Crippen molar-refractivity contribution in [3.63, 3.8) is 0 Å². The van der Waals surface area contributed by atoms with Crippen LogP contribution in [-0.2, 0) is 15.5 Å². The summed E-state index contributed by atoms with van der Waals surface area (Å²) in [6.07, 6.45) is 6.84. The van der Waals surface area contributed by atoms with Crippen molar-refractivity contribution in [3.8, 4) is 0 Å². The number of hydrogen-bond acceptors (Lipinski definition) is 6. The Bertz CT molecular complexity index is 491. The van der Waals surface area contributed by atoms with E-state index in [9.17, 15) is 24.3 Å². The zero-order valence-electron chi connectivity index (χ0n) is 16.3. The predicted octanol–water partition coefficient (Wildman–Crippen LogP) is 1.90. The first-order valence-corrected chi connectivity index (χ1v) is 11.7. The summed E-state index contributed by atoms with van der Waals surface area (Å²) in [6, 6.07) is -0.752. The van der Waals surface area contributed by atoms with Gasteiger partial charge in [-0.25, -0.2) is 4.79 Å². The molecule has 2 aliphatic rings. The minimum absolute atomic E-state index is 0.0598. The standard InChI is InChI=1S/C19H35NO6S/c1-2-3-4-5-6-7-8-9-10-11-12-27(25)18-17(23)16(22)15(21)14-13-26-19(24)20(14)18/h14-18,21-23H,2-13H2,1H3/t14-,15+,16+,17-,18-,27-/m1/s1. The number of nitrogens with zero attached hydrogens (tertiary/aromatic N) is 1. The van der Waals surface area contributed by atoms with E-state index < -0.39 is 46.6 Å². The van der Waals surface area contributed by atoms with Crippen LogP contribution in [-0.4, -0.2) is 72.6 Å². The van der Waals surface area contributed by atoms with Gasteiger partial charge in [0.05, 0.1) is 6.04 Å². The van der Waals surface area contributed by atoms with E-state index in [1.54, 1.807) is 0 Å². The van der Waals surface area contributed by atoms with Gasteiger partial charge in [-0.1, -0.05) is 64.7 Å². The van der Waals surface area contributed by atoms with Crippen LogP contribution in [0.1, 0.15) is 71.1 Å². The molecule has 0 aromatic rings. The van der Waals surface area contributed by atoms with E-state index in [1.165, 1.54) is 44.9 Å². The van der Waals surface area contributed by atoms with Gasteiger partial charge >= 0.3 is 6.09 Å². The minimum Gasteiger partial charge on any atom is -0.447 e. The second-order valence-corrected chi connectivity index (χ2v) is 9.33. The summed E-state index contributed by atoms with van der Waals surface area (Å²) >= 11 is 0. The third-order valence-electron chi connectivity index (χ3n) is 5.57. The number of cyclic esters (lactones) is 1. The van der Waals surface area contributed by atoms with Crippen LogP contribution in [0.5, 0.6) is 0 Å². The van der Waals surface area contributed by atoms with E-state index >= 15 is 0 Å². The van der Waals surface area contributed by atoms with Crippen molar-refractivity contribution in [2.24, 2.45) is 0 Å². The van der Waals surface area contributed by atoms with Crippen LogP contribution in [0.25, 0.3) is 0 Å². The molecule has 0 aromatic heterocycles. The number of rotatable bonds is 12. The van der Waals surface area contributed by atoms with Crippen LogP contribution >= 0.6 is 0 Å². The maximum Gasteiger partial charge on any atom is 0.411 e. The average molecular weight is 406 g/mol. The highest BCUT2D eigenvalue weighted by atomic mass is 32.2. The molecule has 0 bridgehead atoms. The fourth-order valence-electron chi connectivity index (χ4n) is 3.90. The fourth-order valence-corrected chi connectivity index (χ4v) is 5.60. The topological polar surface area (TPSA) is 107 Å². The summed E-state index contributed by atoms with van der Waals surface area (Å²) in [5.41, 5.74) is 0. The lowest BCUT2D eigenvalue weighted by atomic mass is 9.95. The van der Waals surface area contributed by atoms with Gasteiger partial charge in [0, 0.05) is 16.6 Å². The Kier molecular flexibility index (Phi) is 9.48. The van der Waals surface area contributed by atoms with E-state index in [4.69, 9.17) is 4.74 Å². The number of unbranched alkanes of at least 4 members (excludes halogenated alkanes) is 9. The monoisotopic (exact) mass is 405 g/mol. The third-order valence-corrected chi connectivity index (χ3v) is 7.31. The molecule has 7 nitrogen and oxygen atoms in total. The lowest BCUT2D eigenvalue weighted by Gasteiger charge is -2.43. The summed E-state index contributed by atoms with van der Waals surface area (Å²) in [7, 11) is -1.51. The van der Waals surface area contributed by atoms with Crippen LogP contribution in [0.3, 0.4) is 0 Å². The van der Waals surface area contributed by atoms with Crippen molar-refractivity contribution in [1.29, 1.82) is 0 Å². The molecule has 1 amide bonds. The number of fused-ring (bicyclic) bond motifs is 1. The molecule has 158 valence electrons. The average Bonchev–Trinajstić information content (AvgIpc) is 3.03. The van der Waals surface area contributed by atoms with Gasteiger partial charge in [-0.15, -0.1) is 0 Å². The molecule has 6 atom stereocenters. The molecule has 2 saturated heterocycles. The number of amides is 1. The van der Waals surface area contributed by atoms with Crippen molar-refractivity contribution in [1.82, 2.24) is 4.90 Å². The van der Waals surface area contributed by atoms with Crippen LogP contribution in [0.15, 0.2) is 0 Å². The van der Waals surface area contributed by atoms with Crippen LogP contribution < -0.4 is 0 Å². The Morgan fingerprint density at radius 2 is 1.48 bits per heavy atom. The van der Waals surface area contributed by atoms with Gasteiger partial charge in [0.2, 0.25) is 0 Å². The molecule has 2 heterocycles. The van der Waals surface area contributed by atoms with Crippen LogP contribution in [0.2, 0.25) is 0 Å². The lowest BCUT2D eigenvalue weighted by Crippen LogP contribution is -2.66. The van der Waals surface area contributed by atoms with Gasteiger partial charge in [-0.05, 0) is 6.42 Å². The molecule has 27 heavy (non-hydrogen) atoms. The number of aliphatic hydroxyl groups is 3. The van der Waals surface area contributed by atoms with Crippen molar-refractivity contribution >= 4 is 16.9 Å². The number of ether oxygens (including phenoxy) is 1. The van der Waals surface area contributed by atoms with E-state index in [-0.39, 0.29) is 6.61 Å². The smallest absolute Gasteiger partial charge is 0.411 e. The van der Waals surface area contributed by atoms with Crippen LogP contribution in [0.4, 0.5) is 4.79 Å². The first kappa shape index (κ1) is 22.6. The highest BCUT2D eigenvalue weighted by Gasteiger charge is 2.55. The molecular weight excluding hydrogens is 370 g/mol. The van der Waals surface area contributed by atoms with Gasteiger partial charge in [0.1, 0.15) is 30.3 Å². The Morgan fingerprint density at radius 1 is 0.926 bits per heavy atom. The largest absolute Gasteiger partial charge is 0.447 e. The minimum atomic E-state index is -1.51. The number of carbonyl (C=O) groups excluding carboxylic acids is 1. The Labute approximate surface area is 164 Å². The predicted molar refractivity (Wildman–Crippen MR) is 104 cm³/mol. The fraction of sp³-hybridized carbons (Fsp3) is 0.947. The summed E-state index contributed by atoms with van der Waals surface area (Å²) in [4.78, 5) is 13.1. The van der Waals surface area contributed by atoms with Crippen molar-refractivity contribution in [3.05, 3.63) is 0 Å². The molecule has 0 unspecified atom stereocenters. The van der Waals surface area contributed by atoms with Crippen molar-refractivity contribution in [2.75, 3.05) is 12.4 Å². The van der Waals surface area contributed by atoms with Gasteiger partial charge < -0.3 is 20.1 Å². The third kappa shape index (κ3) is 5.89. The first-order valence-electron chi connectivity index (χ1n) is 10.4. The van der Waals surface area contributed by atoms with E-state index in [0.29, 0.717) is 5.75 Å². The van der Waals surface area contributed by atoms with Crippen LogP contribution in [0, 0.1) is 0 Å². The van der Waals surface area contributed by atoms with Gasteiger partial charge in [0.15, 0.2) is 0 Å². The molecule has 8 heteroatoms. The maximum atomic E-state index is 12.7. The lowest BCUT2D eigenvalue weighted by molar-refractivity contribution is -0.125. The van der Waals surface area contributed by atoms with Gasteiger partial charge in [-0.3, -0.25) is 9.11 Å². The molecule has 0 aromatic carbocycles. The number of piperidine rings is 1. The number of carbonyl (C=O) groups is 1. The second-order valence-electron chi connectivity index (χ2n) is 7.68. The molecule has 3 N–H and O–H groups in total. The molecule has 0 saturated carbocycles. The summed E-state index contributed by atoms with van der Waals surface area (Å²) in [6.45, 7) is 2.15. The molecule has 0 spiro atoms. The van der Waals surface area contributed by atoms with Crippen molar-refractivity contribution in [2.45, 2.75) is 101 Å². The Hall–Kier alpha value is -0.700. The molecule has 2 aliphatic heterocycles. The second kappa shape index (κ2) is 11.3. The van der Waals surface area contributed by atoms with E-state index in [1.807, 2.05) is 0 Å². The molecule has 0 aliphatic carbocycles. The Balaban J connectivity index is 1.69. The normalized spacial score (nSPS) is 31.6. The SMILES string of the molecule is CCCCCCCCCCCC[S@@](=O)[C@@H]1[C@H](O)[C@@H](O)[C@@H](O)[C@H]2COC(=O)N21. The van der Waals surface area contributed by atoms with E-state index in [2.05, 4.69) is 6.92 Å². The van der Waals surface area contributed by atoms with Crippen molar-refractivity contribution < 1.29 is 29.1 Å². The maximum absolute atomic E-state index is 12.7. The molecule has 2 rings (SSSR count).